The van der Waals surface area contributed by atoms with Gasteiger partial charge in [0, 0.05) is 6.61 Å². The SMILES string of the molecule is CC1CCCC(CC(CN)CO)C1. The molecular weight excluding hydrogens is 162 g/mol. The van der Waals surface area contributed by atoms with E-state index in [9.17, 15) is 0 Å². The molecule has 0 aromatic rings. The van der Waals surface area contributed by atoms with Gasteiger partial charge in [0.15, 0.2) is 0 Å². The Hall–Kier alpha value is -0.0800. The number of nitrogens with two attached hydrogens (primary N) is 1. The van der Waals surface area contributed by atoms with Gasteiger partial charge >= 0.3 is 0 Å². The summed E-state index contributed by atoms with van der Waals surface area (Å²) in [6, 6.07) is 0. The van der Waals surface area contributed by atoms with Crippen molar-refractivity contribution in [3.63, 3.8) is 0 Å². The van der Waals surface area contributed by atoms with Crippen molar-refractivity contribution in [2.24, 2.45) is 23.5 Å². The van der Waals surface area contributed by atoms with Crippen LogP contribution in [0.2, 0.25) is 0 Å². The first-order chi connectivity index (χ1) is 6.26. The van der Waals surface area contributed by atoms with Crippen LogP contribution in [0, 0.1) is 17.8 Å². The second-order valence-corrected chi connectivity index (χ2v) is 4.66. The summed E-state index contributed by atoms with van der Waals surface area (Å²) in [5, 5.41) is 9.04. The van der Waals surface area contributed by atoms with E-state index < -0.39 is 0 Å². The van der Waals surface area contributed by atoms with Crippen LogP contribution >= 0.6 is 0 Å². The maximum absolute atomic E-state index is 9.04. The summed E-state index contributed by atoms with van der Waals surface area (Å²) in [6.07, 6.45) is 6.59. The Morgan fingerprint density at radius 3 is 2.77 bits per heavy atom. The van der Waals surface area contributed by atoms with Crippen LogP contribution in [0.1, 0.15) is 39.0 Å². The Balaban J connectivity index is 2.26. The minimum Gasteiger partial charge on any atom is -0.396 e. The molecule has 2 heteroatoms. The monoisotopic (exact) mass is 185 g/mol. The number of rotatable bonds is 4. The Morgan fingerprint density at radius 1 is 1.46 bits per heavy atom. The van der Waals surface area contributed by atoms with E-state index in [0.717, 1.165) is 18.3 Å². The largest absolute Gasteiger partial charge is 0.396 e. The van der Waals surface area contributed by atoms with Crippen LogP contribution in [-0.4, -0.2) is 18.3 Å². The van der Waals surface area contributed by atoms with Crippen LogP contribution < -0.4 is 5.73 Å². The topological polar surface area (TPSA) is 46.2 Å². The third-order valence-electron chi connectivity index (χ3n) is 3.30. The number of hydrogen-bond acceptors (Lipinski definition) is 2. The molecule has 0 amide bonds. The molecule has 0 aromatic carbocycles. The number of aliphatic hydroxyl groups excluding tert-OH is 1. The van der Waals surface area contributed by atoms with Crippen molar-refractivity contribution in [1.82, 2.24) is 0 Å². The molecule has 2 nitrogen and oxygen atoms in total. The van der Waals surface area contributed by atoms with Crippen LogP contribution in [0.5, 0.6) is 0 Å². The van der Waals surface area contributed by atoms with Gasteiger partial charge in [-0.1, -0.05) is 26.2 Å². The van der Waals surface area contributed by atoms with Gasteiger partial charge in [0.05, 0.1) is 0 Å². The van der Waals surface area contributed by atoms with Crippen molar-refractivity contribution in [3.8, 4) is 0 Å². The third kappa shape index (κ3) is 3.65. The first-order valence-corrected chi connectivity index (χ1v) is 5.57. The molecule has 0 radical (unpaired) electrons. The molecule has 1 fully saturated rings. The Labute approximate surface area is 81.5 Å². The summed E-state index contributed by atoms with van der Waals surface area (Å²) >= 11 is 0. The highest BCUT2D eigenvalue weighted by Gasteiger charge is 2.21. The molecule has 13 heavy (non-hydrogen) atoms. The molecule has 78 valence electrons. The van der Waals surface area contributed by atoms with E-state index in [1.54, 1.807) is 0 Å². The predicted octanol–water partition coefficient (Wildman–Crippen LogP) is 1.77. The van der Waals surface area contributed by atoms with Crippen molar-refractivity contribution in [3.05, 3.63) is 0 Å². The van der Waals surface area contributed by atoms with Gasteiger partial charge < -0.3 is 10.8 Å². The predicted molar refractivity (Wildman–Crippen MR) is 55.4 cm³/mol. The maximum atomic E-state index is 9.04. The van der Waals surface area contributed by atoms with Crippen molar-refractivity contribution in [2.75, 3.05) is 13.2 Å². The minimum atomic E-state index is 0.265. The van der Waals surface area contributed by atoms with Gasteiger partial charge in [-0.05, 0) is 37.1 Å². The molecule has 3 unspecified atom stereocenters. The minimum absolute atomic E-state index is 0.265. The normalized spacial score (nSPS) is 31.6. The van der Waals surface area contributed by atoms with Gasteiger partial charge in [0.1, 0.15) is 0 Å². The van der Waals surface area contributed by atoms with Gasteiger partial charge in [-0.25, -0.2) is 0 Å². The average Bonchev–Trinajstić information content (AvgIpc) is 2.14. The van der Waals surface area contributed by atoms with E-state index in [2.05, 4.69) is 6.92 Å². The fraction of sp³-hybridized carbons (Fsp3) is 1.00. The van der Waals surface area contributed by atoms with Crippen LogP contribution in [-0.2, 0) is 0 Å². The van der Waals surface area contributed by atoms with Gasteiger partial charge in [-0.15, -0.1) is 0 Å². The zero-order chi connectivity index (χ0) is 9.68. The van der Waals surface area contributed by atoms with Gasteiger partial charge in [-0.3, -0.25) is 0 Å². The van der Waals surface area contributed by atoms with Crippen molar-refractivity contribution >= 4 is 0 Å². The lowest BCUT2D eigenvalue weighted by atomic mass is 9.78. The molecule has 0 saturated heterocycles. The Bertz CT molecular complexity index is 134. The zero-order valence-electron chi connectivity index (χ0n) is 8.71. The summed E-state index contributed by atoms with van der Waals surface area (Å²) in [5.41, 5.74) is 5.58. The molecule has 0 aromatic heterocycles. The molecule has 1 rings (SSSR count). The van der Waals surface area contributed by atoms with Crippen molar-refractivity contribution in [1.29, 1.82) is 0 Å². The van der Waals surface area contributed by atoms with Crippen LogP contribution in [0.25, 0.3) is 0 Å². The van der Waals surface area contributed by atoms with E-state index in [1.807, 2.05) is 0 Å². The van der Waals surface area contributed by atoms with E-state index in [0.29, 0.717) is 12.5 Å². The molecule has 3 atom stereocenters. The second kappa shape index (κ2) is 5.61. The van der Waals surface area contributed by atoms with Gasteiger partial charge in [0.25, 0.3) is 0 Å². The standard InChI is InChI=1S/C11H23NO/c1-9-3-2-4-10(5-9)6-11(7-12)8-13/h9-11,13H,2-8,12H2,1H3. The lowest BCUT2D eigenvalue weighted by Gasteiger charge is -2.28. The molecule has 0 heterocycles. The molecule has 3 N–H and O–H groups in total. The van der Waals surface area contributed by atoms with E-state index in [-0.39, 0.29) is 6.61 Å². The molecular formula is C11H23NO. The fourth-order valence-electron chi connectivity index (χ4n) is 2.49. The first-order valence-electron chi connectivity index (χ1n) is 5.57. The zero-order valence-corrected chi connectivity index (χ0v) is 8.71. The summed E-state index contributed by atoms with van der Waals surface area (Å²) in [4.78, 5) is 0. The van der Waals surface area contributed by atoms with E-state index >= 15 is 0 Å². The lowest BCUT2D eigenvalue weighted by molar-refractivity contribution is 0.176. The molecule has 1 aliphatic carbocycles. The average molecular weight is 185 g/mol. The van der Waals surface area contributed by atoms with E-state index in [1.165, 1.54) is 25.7 Å². The van der Waals surface area contributed by atoms with Crippen LogP contribution in [0.15, 0.2) is 0 Å². The highest BCUT2D eigenvalue weighted by atomic mass is 16.3. The quantitative estimate of drug-likeness (QED) is 0.701. The summed E-state index contributed by atoms with van der Waals surface area (Å²) < 4.78 is 0. The highest BCUT2D eigenvalue weighted by Crippen LogP contribution is 2.32. The summed E-state index contributed by atoms with van der Waals surface area (Å²) in [5.74, 6) is 2.05. The fourth-order valence-corrected chi connectivity index (χ4v) is 2.49. The highest BCUT2D eigenvalue weighted by molar-refractivity contribution is 4.73. The molecule has 0 bridgehead atoms. The van der Waals surface area contributed by atoms with Crippen molar-refractivity contribution in [2.45, 2.75) is 39.0 Å². The third-order valence-corrected chi connectivity index (χ3v) is 3.30. The van der Waals surface area contributed by atoms with Gasteiger partial charge in [0.2, 0.25) is 0 Å². The Kier molecular flexibility index (Phi) is 4.74. The maximum Gasteiger partial charge on any atom is 0.0471 e. The Morgan fingerprint density at radius 2 is 2.23 bits per heavy atom. The molecule has 0 spiro atoms. The van der Waals surface area contributed by atoms with Gasteiger partial charge in [-0.2, -0.15) is 0 Å². The van der Waals surface area contributed by atoms with Crippen molar-refractivity contribution < 1.29 is 5.11 Å². The van der Waals surface area contributed by atoms with E-state index in [4.69, 9.17) is 10.8 Å². The summed E-state index contributed by atoms with van der Waals surface area (Å²) in [7, 11) is 0. The summed E-state index contributed by atoms with van der Waals surface area (Å²) in [6.45, 7) is 3.24. The second-order valence-electron chi connectivity index (χ2n) is 4.66. The first kappa shape index (κ1) is 11.0. The molecule has 1 saturated carbocycles. The smallest absolute Gasteiger partial charge is 0.0471 e. The number of aliphatic hydroxyl groups is 1. The number of hydrogen-bond donors (Lipinski definition) is 2. The molecule has 0 aliphatic heterocycles. The molecule has 1 aliphatic rings. The van der Waals surface area contributed by atoms with Crippen LogP contribution in [0.3, 0.4) is 0 Å². The van der Waals surface area contributed by atoms with Crippen LogP contribution in [0.4, 0.5) is 0 Å². The lowest BCUT2D eigenvalue weighted by Crippen LogP contribution is -2.24.